The summed E-state index contributed by atoms with van der Waals surface area (Å²) in [6.45, 7) is 2.00. The quantitative estimate of drug-likeness (QED) is 0.912. The van der Waals surface area contributed by atoms with E-state index in [0.717, 1.165) is 12.1 Å². The van der Waals surface area contributed by atoms with Gasteiger partial charge in [0.15, 0.2) is 0 Å². The first-order valence-corrected chi connectivity index (χ1v) is 5.74. The second-order valence-electron chi connectivity index (χ2n) is 3.70. The van der Waals surface area contributed by atoms with Gasteiger partial charge in [-0.25, -0.2) is 4.68 Å². The number of ether oxygens (including phenoxy) is 1. The van der Waals surface area contributed by atoms with Crippen LogP contribution < -0.4 is 10.5 Å². The van der Waals surface area contributed by atoms with E-state index in [2.05, 4.69) is 5.10 Å². The van der Waals surface area contributed by atoms with Gasteiger partial charge < -0.3 is 10.5 Å². The van der Waals surface area contributed by atoms with E-state index in [1.165, 1.54) is 0 Å². The summed E-state index contributed by atoms with van der Waals surface area (Å²) < 4.78 is 7.33. The van der Waals surface area contributed by atoms with Crippen molar-refractivity contribution in [3.05, 3.63) is 35.0 Å². The number of halogens is 1. The van der Waals surface area contributed by atoms with Crippen molar-refractivity contribution in [1.82, 2.24) is 9.78 Å². The molecular weight excluding hydrogens is 238 g/mol. The van der Waals surface area contributed by atoms with Crippen LogP contribution in [0.15, 0.2) is 24.3 Å². The summed E-state index contributed by atoms with van der Waals surface area (Å²) in [5, 5.41) is 4.90. The highest BCUT2D eigenvalue weighted by Crippen LogP contribution is 2.30. The Hall–Kier alpha value is -1.68. The normalized spacial score (nSPS) is 10.5. The fraction of sp³-hybridized carbons (Fsp3) is 0.250. The van der Waals surface area contributed by atoms with E-state index in [1.807, 2.05) is 19.1 Å². The van der Waals surface area contributed by atoms with Gasteiger partial charge in [0.1, 0.15) is 11.4 Å². The van der Waals surface area contributed by atoms with E-state index in [4.69, 9.17) is 22.1 Å². The van der Waals surface area contributed by atoms with Crippen LogP contribution in [0.3, 0.4) is 0 Å². The molecule has 4 nitrogen and oxygen atoms in total. The van der Waals surface area contributed by atoms with Crippen LogP contribution in [0.25, 0.3) is 0 Å². The SMILES string of the molecule is CCc1nn(C)c(Oc2cccc(Cl)c2)c1N. The van der Waals surface area contributed by atoms with Crippen molar-refractivity contribution in [3.63, 3.8) is 0 Å². The smallest absolute Gasteiger partial charge is 0.241 e. The molecule has 2 aromatic rings. The first-order valence-electron chi connectivity index (χ1n) is 5.36. The monoisotopic (exact) mass is 251 g/mol. The minimum Gasteiger partial charge on any atom is -0.437 e. The van der Waals surface area contributed by atoms with E-state index >= 15 is 0 Å². The number of nitrogen functional groups attached to an aromatic ring is 1. The van der Waals surface area contributed by atoms with Gasteiger partial charge in [-0.3, -0.25) is 0 Å². The van der Waals surface area contributed by atoms with E-state index in [0.29, 0.717) is 22.3 Å². The fourth-order valence-corrected chi connectivity index (χ4v) is 1.78. The van der Waals surface area contributed by atoms with Gasteiger partial charge in [0, 0.05) is 12.1 Å². The fourth-order valence-electron chi connectivity index (χ4n) is 1.60. The van der Waals surface area contributed by atoms with Gasteiger partial charge in [0.25, 0.3) is 0 Å². The molecule has 0 aliphatic rings. The average molecular weight is 252 g/mol. The molecular formula is C12H14ClN3O. The summed E-state index contributed by atoms with van der Waals surface area (Å²) in [6, 6.07) is 7.17. The minimum absolute atomic E-state index is 0.545. The van der Waals surface area contributed by atoms with Crippen LogP contribution in [0.4, 0.5) is 5.69 Å². The maximum absolute atomic E-state index is 5.96. The Morgan fingerprint density at radius 2 is 2.24 bits per heavy atom. The van der Waals surface area contributed by atoms with Crippen LogP contribution in [-0.2, 0) is 13.5 Å². The van der Waals surface area contributed by atoms with Gasteiger partial charge in [0.2, 0.25) is 5.88 Å². The summed E-state index contributed by atoms with van der Waals surface area (Å²) in [5.41, 5.74) is 7.38. The van der Waals surface area contributed by atoms with Crippen molar-refractivity contribution >= 4 is 17.3 Å². The van der Waals surface area contributed by atoms with Gasteiger partial charge in [-0.2, -0.15) is 5.10 Å². The second-order valence-corrected chi connectivity index (χ2v) is 4.14. The molecule has 0 spiro atoms. The Morgan fingerprint density at radius 3 is 2.82 bits per heavy atom. The third-order valence-electron chi connectivity index (χ3n) is 2.45. The molecule has 0 bridgehead atoms. The Balaban J connectivity index is 2.33. The van der Waals surface area contributed by atoms with Gasteiger partial charge in [0.05, 0.1) is 5.69 Å². The summed E-state index contributed by atoms with van der Waals surface area (Å²) in [6.07, 6.45) is 0.776. The lowest BCUT2D eigenvalue weighted by molar-refractivity contribution is 0.432. The number of aromatic nitrogens is 2. The predicted octanol–water partition coefficient (Wildman–Crippen LogP) is 3.01. The average Bonchev–Trinajstić information content (AvgIpc) is 2.56. The van der Waals surface area contributed by atoms with Gasteiger partial charge in [-0.1, -0.05) is 24.6 Å². The molecule has 5 heteroatoms. The molecule has 0 aliphatic heterocycles. The number of nitrogens with two attached hydrogens (primary N) is 1. The molecule has 0 atom stereocenters. The van der Waals surface area contributed by atoms with Crippen molar-refractivity contribution in [1.29, 1.82) is 0 Å². The molecule has 2 N–H and O–H groups in total. The van der Waals surface area contributed by atoms with Crippen molar-refractivity contribution in [2.24, 2.45) is 7.05 Å². The van der Waals surface area contributed by atoms with Gasteiger partial charge >= 0.3 is 0 Å². The molecule has 0 saturated carbocycles. The van der Waals surface area contributed by atoms with E-state index < -0.39 is 0 Å². The number of anilines is 1. The molecule has 0 fully saturated rings. The zero-order valence-corrected chi connectivity index (χ0v) is 10.5. The predicted molar refractivity (Wildman–Crippen MR) is 68.5 cm³/mol. The second kappa shape index (κ2) is 4.67. The third-order valence-corrected chi connectivity index (χ3v) is 2.69. The van der Waals surface area contributed by atoms with Crippen LogP contribution in [0.2, 0.25) is 5.02 Å². The van der Waals surface area contributed by atoms with Crippen LogP contribution in [0.5, 0.6) is 11.6 Å². The lowest BCUT2D eigenvalue weighted by atomic mass is 10.3. The van der Waals surface area contributed by atoms with Crippen molar-refractivity contribution in [2.45, 2.75) is 13.3 Å². The zero-order valence-electron chi connectivity index (χ0n) is 9.77. The summed E-state index contributed by atoms with van der Waals surface area (Å²) in [7, 11) is 1.80. The van der Waals surface area contributed by atoms with Crippen LogP contribution in [0.1, 0.15) is 12.6 Å². The Kier molecular flexibility index (Phi) is 3.24. The summed E-state index contributed by atoms with van der Waals surface area (Å²) in [5.74, 6) is 1.19. The molecule has 0 unspecified atom stereocenters. The molecule has 0 amide bonds. The lowest BCUT2D eigenvalue weighted by Gasteiger charge is -2.06. The Labute approximate surface area is 105 Å². The van der Waals surface area contributed by atoms with Gasteiger partial charge in [-0.05, 0) is 24.6 Å². The molecule has 1 aromatic carbocycles. The Bertz CT molecular complexity index is 537. The molecule has 1 aromatic heterocycles. The summed E-state index contributed by atoms with van der Waals surface area (Å²) >= 11 is 5.89. The van der Waals surface area contributed by atoms with Crippen molar-refractivity contribution in [3.8, 4) is 11.6 Å². The third kappa shape index (κ3) is 2.36. The van der Waals surface area contributed by atoms with Crippen LogP contribution in [-0.4, -0.2) is 9.78 Å². The van der Waals surface area contributed by atoms with E-state index in [1.54, 1.807) is 23.9 Å². The van der Waals surface area contributed by atoms with E-state index in [-0.39, 0.29) is 0 Å². The lowest BCUT2D eigenvalue weighted by Crippen LogP contribution is -1.96. The highest BCUT2D eigenvalue weighted by Gasteiger charge is 2.13. The minimum atomic E-state index is 0.545. The standard InChI is InChI=1S/C12H14ClN3O/c1-3-10-11(14)12(16(2)15-10)17-9-6-4-5-8(13)7-9/h4-7H,3,14H2,1-2H3. The molecule has 2 rings (SSSR count). The van der Waals surface area contributed by atoms with Crippen LogP contribution in [0, 0.1) is 0 Å². The number of nitrogens with zero attached hydrogens (tertiary/aromatic N) is 2. The first kappa shape index (κ1) is 11.8. The van der Waals surface area contributed by atoms with E-state index in [9.17, 15) is 0 Å². The molecule has 0 saturated heterocycles. The molecule has 17 heavy (non-hydrogen) atoms. The van der Waals surface area contributed by atoms with Crippen molar-refractivity contribution < 1.29 is 4.74 Å². The number of hydrogen-bond acceptors (Lipinski definition) is 3. The number of aryl methyl sites for hydroxylation is 2. The van der Waals surface area contributed by atoms with Crippen molar-refractivity contribution in [2.75, 3.05) is 5.73 Å². The number of rotatable bonds is 3. The highest BCUT2D eigenvalue weighted by molar-refractivity contribution is 6.30. The molecule has 0 radical (unpaired) electrons. The molecule has 1 heterocycles. The molecule has 90 valence electrons. The Morgan fingerprint density at radius 1 is 1.47 bits per heavy atom. The number of hydrogen-bond donors (Lipinski definition) is 1. The van der Waals surface area contributed by atoms with Gasteiger partial charge in [-0.15, -0.1) is 0 Å². The maximum atomic E-state index is 5.96. The van der Waals surface area contributed by atoms with Crippen LogP contribution >= 0.6 is 11.6 Å². The number of benzene rings is 1. The summed E-state index contributed by atoms with van der Waals surface area (Å²) in [4.78, 5) is 0. The first-order chi connectivity index (χ1) is 8.11. The highest BCUT2D eigenvalue weighted by atomic mass is 35.5. The largest absolute Gasteiger partial charge is 0.437 e. The molecule has 0 aliphatic carbocycles. The zero-order chi connectivity index (χ0) is 12.4. The maximum Gasteiger partial charge on any atom is 0.241 e. The topological polar surface area (TPSA) is 53.1 Å².